The highest BCUT2D eigenvalue weighted by molar-refractivity contribution is 6.06. The Morgan fingerprint density at radius 2 is 1.42 bits per heavy atom. The topological polar surface area (TPSA) is 75.3 Å². The summed E-state index contributed by atoms with van der Waals surface area (Å²) >= 11 is 0. The summed E-state index contributed by atoms with van der Waals surface area (Å²) in [7, 11) is 7.48. The average Bonchev–Trinajstić information content (AvgIpc) is 2.91. The minimum absolute atomic E-state index is 0.0619. The van der Waals surface area contributed by atoms with Crippen LogP contribution in [-0.2, 0) is 0 Å². The third-order valence-electron chi connectivity index (χ3n) is 5.31. The number of anilines is 1. The highest BCUT2D eigenvalue weighted by Gasteiger charge is 2.13. The molecule has 1 N–H and O–H groups in total. The van der Waals surface area contributed by atoms with Crippen molar-refractivity contribution in [2.24, 2.45) is 0 Å². The number of rotatable bonds is 11. The molecule has 188 valence electrons. The number of nitrogens with one attached hydrogen (secondary N) is 1. The summed E-state index contributed by atoms with van der Waals surface area (Å²) in [5.74, 6) is 1.23. The zero-order chi connectivity index (χ0) is 26.1. The van der Waals surface area contributed by atoms with Gasteiger partial charge in [-0.15, -0.1) is 0 Å². The van der Waals surface area contributed by atoms with Gasteiger partial charge in [0.05, 0.1) is 41.1 Å². The van der Waals surface area contributed by atoms with Crippen molar-refractivity contribution < 1.29 is 32.9 Å². The van der Waals surface area contributed by atoms with Crippen LogP contribution in [0.15, 0.2) is 60.8 Å². The van der Waals surface area contributed by atoms with Gasteiger partial charge in [0, 0.05) is 29.6 Å². The fourth-order valence-electron chi connectivity index (χ4n) is 3.52. The number of methoxy groups -OCH3 is 5. The van der Waals surface area contributed by atoms with E-state index in [1.54, 1.807) is 48.6 Å². The minimum atomic E-state index is -0.526. The van der Waals surface area contributed by atoms with Gasteiger partial charge in [-0.25, -0.2) is 4.39 Å². The van der Waals surface area contributed by atoms with Crippen molar-refractivity contribution in [3.05, 3.63) is 83.3 Å². The largest absolute Gasteiger partial charge is 0.496 e. The van der Waals surface area contributed by atoms with Gasteiger partial charge in [0.1, 0.15) is 5.75 Å². The van der Waals surface area contributed by atoms with Gasteiger partial charge in [0.15, 0.2) is 28.8 Å². The van der Waals surface area contributed by atoms with Crippen LogP contribution in [0.25, 0.3) is 12.2 Å². The first-order valence-corrected chi connectivity index (χ1v) is 10.9. The van der Waals surface area contributed by atoms with Crippen molar-refractivity contribution in [3.8, 4) is 28.7 Å². The quantitative estimate of drug-likeness (QED) is 0.204. The number of hydrogen-bond donors (Lipinski definition) is 1. The minimum Gasteiger partial charge on any atom is -0.496 e. The fourth-order valence-corrected chi connectivity index (χ4v) is 3.52. The number of ether oxygens (including phenoxy) is 5. The van der Waals surface area contributed by atoms with Gasteiger partial charge in [0.25, 0.3) is 0 Å². The molecule has 0 bridgehead atoms. The highest BCUT2D eigenvalue weighted by atomic mass is 19.1. The summed E-state index contributed by atoms with van der Waals surface area (Å²) < 4.78 is 41.0. The fraction of sp³-hybridized carbons (Fsp3) is 0.179. The summed E-state index contributed by atoms with van der Waals surface area (Å²) in [5, 5.41) is 3.04. The van der Waals surface area contributed by atoms with E-state index < -0.39 is 5.82 Å². The van der Waals surface area contributed by atoms with Crippen LogP contribution < -0.4 is 29.0 Å². The van der Waals surface area contributed by atoms with Crippen molar-refractivity contribution in [1.82, 2.24) is 0 Å². The lowest BCUT2D eigenvalue weighted by molar-refractivity contribution is 0.104. The second kappa shape index (κ2) is 12.3. The molecule has 0 atom stereocenters. The van der Waals surface area contributed by atoms with Crippen LogP contribution in [0, 0.1) is 5.82 Å². The molecule has 0 aromatic heterocycles. The van der Waals surface area contributed by atoms with E-state index >= 15 is 0 Å². The Hall–Kier alpha value is -4.46. The van der Waals surface area contributed by atoms with Gasteiger partial charge in [0.2, 0.25) is 5.75 Å². The Balaban J connectivity index is 1.91. The Morgan fingerprint density at radius 1 is 0.778 bits per heavy atom. The van der Waals surface area contributed by atoms with E-state index in [0.717, 1.165) is 5.56 Å². The molecule has 0 radical (unpaired) electrons. The number of para-hydroxylation sites is 1. The highest BCUT2D eigenvalue weighted by Crippen LogP contribution is 2.39. The summed E-state index contributed by atoms with van der Waals surface area (Å²) in [5.41, 5.74) is 2.23. The van der Waals surface area contributed by atoms with E-state index in [1.807, 2.05) is 0 Å². The summed E-state index contributed by atoms with van der Waals surface area (Å²) in [6.07, 6.45) is 6.36. The maximum atomic E-state index is 14.5. The Labute approximate surface area is 209 Å². The second-order valence-corrected chi connectivity index (χ2v) is 7.41. The van der Waals surface area contributed by atoms with E-state index in [4.69, 9.17) is 23.7 Å². The molecule has 0 spiro atoms. The van der Waals surface area contributed by atoms with E-state index in [1.165, 1.54) is 60.0 Å². The molecule has 36 heavy (non-hydrogen) atoms. The molecule has 0 heterocycles. The molecule has 3 aromatic rings. The number of allylic oxidation sites excluding steroid dienone is 1. The van der Waals surface area contributed by atoms with Crippen LogP contribution in [0.1, 0.15) is 21.5 Å². The molecule has 3 aromatic carbocycles. The lowest BCUT2D eigenvalue weighted by atomic mass is 10.1. The van der Waals surface area contributed by atoms with Crippen LogP contribution >= 0.6 is 0 Å². The first-order chi connectivity index (χ1) is 17.4. The normalized spacial score (nSPS) is 10.9. The molecule has 0 unspecified atom stereocenters. The molecule has 0 aliphatic heterocycles. The van der Waals surface area contributed by atoms with Crippen molar-refractivity contribution >= 4 is 23.6 Å². The number of hydrogen-bond acceptors (Lipinski definition) is 7. The van der Waals surface area contributed by atoms with Crippen LogP contribution in [0.2, 0.25) is 0 Å². The number of carbonyl (C=O) groups is 1. The molecular weight excluding hydrogens is 465 g/mol. The smallest absolute Gasteiger partial charge is 0.203 e. The zero-order valence-corrected chi connectivity index (χ0v) is 20.8. The van der Waals surface area contributed by atoms with E-state index in [-0.39, 0.29) is 11.5 Å². The first-order valence-electron chi connectivity index (χ1n) is 10.9. The van der Waals surface area contributed by atoms with Crippen molar-refractivity contribution in [2.45, 2.75) is 0 Å². The third-order valence-corrected chi connectivity index (χ3v) is 5.31. The van der Waals surface area contributed by atoms with Crippen molar-refractivity contribution in [3.63, 3.8) is 0 Å². The lowest BCUT2D eigenvalue weighted by Gasteiger charge is -2.13. The standard InChI is InChI=1S/C28H28FNO6/c1-32-24-9-7-6-8-20(24)23(31)12-13-30-22-17-25(33-2)21(29)16-19(22)11-10-18-14-26(34-3)28(36-5)27(15-18)35-4/h6-17,30H,1-5H3. The number of ketones is 1. The van der Waals surface area contributed by atoms with Gasteiger partial charge >= 0.3 is 0 Å². The predicted molar refractivity (Wildman–Crippen MR) is 138 cm³/mol. The second-order valence-electron chi connectivity index (χ2n) is 7.41. The maximum Gasteiger partial charge on any atom is 0.203 e. The van der Waals surface area contributed by atoms with E-state index in [9.17, 15) is 9.18 Å². The molecule has 0 aliphatic carbocycles. The average molecular weight is 494 g/mol. The monoisotopic (exact) mass is 493 g/mol. The van der Waals surface area contributed by atoms with Gasteiger partial charge < -0.3 is 29.0 Å². The molecule has 8 heteroatoms. The van der Waals surface area contributed by atoms with Gasteiger partial charge in [-0.2, -0.15) is 0 Å². The lowest BCUT2D eigenvalue weighted by Crippen LogP contribution is -2.00. The van der Waals surface area contributed by atoms with Crippen LogP contribution in [0.4, 0.5) is 10.1 Å². The van der Waals surface area contributed by atoms with Crippen LogP contribution in [0.5, 0.6) is 28.7 Å². The molecular formula is C28H28FNO6. The molecule has 3 rings (SSSR count). The van der Waals surface area contributed by atoms with Gasteiger partial charge in [-0.05, 0) is 35.9 Å². The number of carbonyl (C=O) groups excluding carboxylic acids is 1. The van der Waals surface area contributed by atoms with E-state index in [2.05, 4.69) is 5.32 Å². The first kappa shape index (κ1) is 26.2. The predicted octanol–water partition coefficient (Wildman–Crippen LogP) is 5.85. The Morgan fingerprint density at radius 3 is 2.03 bits per heavy atom. The molecule has 0 saturated carbocycles. The molecule has 0 saturated heterocycles. The third kappa shape index (κ3) is 5.96. The molecule has 0 aliphatic rings. The number of benzene rings is 3. The number of halogens is 1. The summed E-state index contributed by atoms with van der Waals surface area (Å²) in [6, 6.07) is 13.3. The SMILES string of the molecule is COc1cc(NC=CC(=O)c2ccccc2OC)c(C=Cc2cc(OC)c(OC)c(OC)c2)cc1F. The van der Waals surface area contributed by atoms with Gasteiger partial charge in [-0.3, -0.25) is 4.79 Å². The summed E-state index contributed by atoms with van der Waals surface area (Å²) in [6.45, 7) is 0. The Bertz CT molecular complexity index is 1260. The maximum absolute atomic E-state index is 14.5. The van der Waals surface area contributed by atoms with Crippen molar-refractivity contribution in [2.75, 3.05) is 40.9 Å². The molecule has 7 nitrogen and oxygen atoms in total. The Kier molecular flexibility index (Phi) is 8.94. The molecule has 0 fully saturated rings. The van der Waals surface area contributed by atoms with Crippen LogP contribution in [-0.4, -0.2) is 41.3 Å². The zero-order valence-electron chi connectivity index (χ0n) is 20.8. The molecule has 0 amide bonds. The summed E-state index contributed by atoms with van der Waals surface area (Å²) in [4.78, 5) is 12.6. The van der Waals surface area contributed by atoms with E-state index in [0.29, 0.717) is 39.8 Å². The van der Waals surface area contributed by atoms with Crippen molar-refractivity contribution in [1.29, 1.82) is 0 Å². The van der Waals surface area contributed by atoms with Crippen LogP contribution in [0.3, 0.4) is 0 Å². The van der Waals surface area contributed by atoms with Gasteiger partial charge in [-0.1, -0.05) is 24.3 Å².